The van der Waals surface area contributed by atoms with Crippen LogP contribution in [0.15, 0.2) is 42.5 Å². The highest BCUT2D eigenvalue weighted by Gasteiger charge is 2.07. The number of hydrogen-bond donors (Lipinski definition) is 0. The number of aromatic nitrogens is 1. The molecule has 0 fully saturated rings. The van der Waals surface area contributed by atoms with Crippen molar-refractivity contribution < 1.29 is 4.39 Å². The monoisotopic (exact) mass is 264 g/mol. The molecule has 94 valence electrons. The maximum atomic E-state index is 13.2. The van der Waals surface area contributed by atoms with Crippen LogP contribution in [0.25, 0.3) is 0 Å². The molecule has 0 spiro atoms. The molecule has 0 aliphatic carbocycles. The fourth-order valence-corrected chi connectivity index (χ4v) is 1.97. The van der Waals surface area contributed by atoms with Gasteiger partial charge in [0.1, 0.15) is 11.0 Å². The van der Waals surface area contributed by atoms with E-state index in [0.717, 1.165) is 17.9 Å². The lowest BCUT2D eigenvalue weighted by Gasteiger charge is -2.22. The lowest BCUT2D eigenvalue weighted by Crippen LogP contribution is -2.22. The summed E-state index contributed by atoms with van der Waals surface area (Å²) in [6.07, 6.45) is 0. The first-order chi connectivity index (χ1) is 8.69. The molecular formula is C14H14ClFN2. The third-order valence-electron chi connectivity index (χ3n) is 2.68. The Kier molecular flexibility index (Phi) is 4.15. The molecule has 2 rings (SSSR count). The lowest BCUT2D eigenvalue weighted by atomic mass is 10.2. The van der Waals surface area contributed by atoms with E-state index in [1.807, 2.05) is 30.0 Å². The van der Waals surface area contributed by atoms with E-state index in [1.54, 1.807) is 12.1 Å². The van der Waals surface area contributed by atoms with Gasteiger partial charge in [0.25, 0.3) is 0 Å². The van der Waals surface area contributed by atoms with Gasteiger partial charge in [-0.3, -0.25) is 0 Å². The summed E-state index contributed by atoms with van der Waals surface area (Å²) in [5, 5.41) is 0.475. The third-order valence-corrected chi connectivity index (χ3v) is 2.89. The molecule has 0 saturated heterocycles. The van der Waals surface area contributed by atoms with Gasteiger partial charge in [0.2, 0.25) is 0 Å². The molecule has 0 unspecified atom stereocenters. The van der Waals surface area contributed by atoms with E-state index < -0.39 is 0 Å². The standard InChI is InChI=1S/C14H14ClFN2/c1-2-18(13-7-3-5-11(16)9-13)10-12-6-4-8-14(15)17-12/h3-9H,2,10H2,1H3. The lowest BCUT2D eigenvalue weighted by molar-refractivity contribution is 0.626. The Hall–Kier alpha value is -1.61. The van der Waals surface area contributed by atoms with Crippen molar-refractivity contribution in [1.82, 2.24) is 4.98 Å². The molecule has 0 N–H and O–H groups in total. The molecule has 0 bridgehead atoms. The molecule has 1 aromatic carbocycles. The van der Waals surface area contributed by atoms with Crippen LogP contribution in [0.3, 0.4) is 0 Å². The Morgan fingerprint density at radius 3 is 2.67 bits per heavy atom. The zero-order chi connectivity index (χ0) is 13.0. The average Bonchev–Trinajstić information content (AvgIpc) is 2.36. The molecule has 2 nitrogen and oxygen atoms in total. The number of pyridine rings is 1. The number of rotatable bonds is 4. The van der Waals surface area contributed by atoms with Gasteiger partial charge in [-0.25, -0.2) is 9.37 Å². The summed E-state index contributed by atoms with van der Waals surface area (Å²) < 4.78 is 13.2. The van der Waals surface area contributed by atoms with E-state index in [4.69, 9.17) is 11.6 Å². The van der Waals surface area contributed by atoms with Crippen molar-refractivity contribution >= 4 is 17.3 Å². The minimum Gasteiger partial charge on any atom is -0.366 e. The molecule has 0 radical (unpaired) electrons. The minimum atomic E-state index is -0.231. The van der Waals surface area contributed by atoms with E-state index in [9.17, 15) is 4.39 Å². The summed E-state index contributed by atoms with van der Waals surface area (Å²) >= 11 is 5.85. The summed E-state index contributed by atoms with van der Waals surface area (Å²) in [6, 6.07) is 12.1. The summed E-state index contributed by atoms with van der Waals surface area (Å²) in [5.41, 5.74) is 1.72. The number of anilines is 1. The summed E-state index contributed by atoms with van der Waals surface area (Å²) in [6.45, 7) is 3.41. The van der Waals surface area contributed by atoms with Crippen molar-refractivity contribution in [3.05, 3.63) is 59.1 Å². The summed E-state index contributed by atoms with van der Waals surface area (Å²) in [4.78, 5) is 6.28. The maximum absolute atomic E-state index is 13.2. The van der Waals surface area contributed by atoms with Gasteiger partial charge in [0.15, 0.2) is 0 Å². The third kappa shape index (κ3) is 3.20. The SMILES string of the molecule is CCN(Cc1cccc(Cl)n1)c1cccc(F)c1. The van der Waals surface area contributed by atoms with Gasteiger partial charge in [0.05, 0.1) is 12.2 Å². The van der Waals surface area contributed by atoms with E-state index >= 15 is 0 Å². The molecule has 18 heavy (non-hydrogen) atoms. The Balaban J connectivity index is 2.19. The van der Waals surface area contributed by atoms with Gasteiger partial charge < -0.3 is 4.90 Å². The van der Waals surface area contributed by atoms with Crippen molar-refractivity contribution in [2.24, 2.45) is 0 Å². The summed E-state index contributed by atoms with van der Waals surface area (Å²) in [7, 11) is 0. The van der Waals surface area contributed by atoms with Crippen LogP contribution in [0.2, 0.25) is 5.15 Å². The first-order valence-corrected chi connectivity index (χ1v) is 6.19. The van der Waals surface area contributed by atoms with E-state index in [-0.39, 0.29) is 5.82 Å². The molecule has 0 amide bonds. The quantitative estimate of drug-likeness (QED) is 0.779. The van der Waals surface area contributed by atoms with Crippen molar-refractivity contribution in [3.8, 4) is 0 Å². The highest BCUT2D eigenvalue weighted by molar-refractivity contribution is 6.29. The molecule has 0 saturated carbocycles. The predicted octanol–water partition coefficient (Wildman–Crippen LogP) is 3.90. The Morgan fingerprint density at radius 1 is 1.22 bits per heavy atom. The van der Waals surface area contributed by atoms with Gasteiger partial charge in [-0.2, -0.15) is 0 Å². The van der Waals surface area contributed by atoms with Crippen LogP contribution in [0.4, 0.5) is 10.1 Å². The maximum Gasteiger partial charge on any atom is 0.129 e. The van der Waals surface area contributed by atoms with Gasteiger partial charge in [-0.15, -0.1) is 0 Å². The Labute approximate surface area is 111 Å². The zero-order valence-corrected chi connectivity index (χ0v) is 10.9. The Bertz CT molecular complexity index is 531. The van der Waals surface area contributed by atoms with Gasteiger partial charge >= 0.3 is 0 Å². The van der Waals surface area contributed by atoms with Crippen molar-refractivity contribution in [2.45, 2.75) is 13.5 Å². The smallest absolute Gasteiger partial charge is 0.129 e. The van der Waals surface area contributed by atoms with Crippen LogP contribution < -0.4 is 4.90 Å². The molecule has 0 aliphatic heterocycles. The molecule has 0 aliphatic rings. The molecule has 1 heterocycles. The van der Waals surface area contributed by atoms with Crippen LogP contribution in [0.1, 0.15) is 12.6 Å². The van der Waals surface area contributed by atoms with Gasteiger partial charge in [0, 0.05) is 12.2 Å². The largest absolute Gasteiger partial charge is 0.366 e. The normalized spacial score (nSPS) is 10.4. The second-order valence-corrected chi connectivity index (χ2v) is 4.33. The second-order valence-electron chi connectivity index (χ2n) is 3.95. The van der Waals surface area contributed by atoms with Crippen molar-refractivity contribution in [2.75, 3.05) is 11.4 Å². The molecular weight excluding hydrogens is 251 g/mol. The second kappa shape index (κ2) is 5.83. The number of hydrogen-bond acceptors (Lipinski definition) is 2. The van der Waals surface area contributed by atoms with Gasteiger partial charge in [-0.05, 0) is 37.3 Å². The zero-order valence-electron chi connectivity index (χ0n) is 10.1. The topological polar surface area (TPSA) is 16.1 Å². The highest BCUT2D eigenvalue weighted by Crippen LogP contribution is 2.18. The first-order valence-electron chi connectivity index (χ1n) is 5.81. The number of nitrogens with zero attached hydrogens (tertiary/aromatic N) is 2. The van der Waals surface area contributed by atoms with E-state index in [0.29, 0.717) is 11.7 Å². The van der Waals surface area contributed by atoms with Crippen LogP contribution in [0, 0.1) is 5.82 Å². The first kappa shape index (κ1) is 12.8. The highest BCUT2D eigenvalue weighted by atomic mass is 35.5. The predicted molar refractivity (Wildman–Crippen MR) is 72.4 cm³/mol. The minimum absolute atomic E-state index is 0.231. The van der Waals surface area contributed by atoms with Crippen LogP contribution in [0.5, 0.6) is 0 Å². The van der Waals surface area contributed by atoms with Crippen LogP contribution in [-0.4, -0.2) is 11.5 Å². The Morgan fingerprint density at radius 2 is 2.00 bits per heavy atom. The summed E-state index contributed by atoms with van der Waals surface area (Å²) in [5.74, 6) is -0.231. The number of halogens is 2. The average molecular weight is 265 g/mol. The molecule has 1 aromatic heterocycles. The van der Waals surface area contributed by atoms with Crippen LogP contribution in [-0.2, 0) is 6.54 Å². The van der Waals surface area contributed by atoms with Gasteiger partial charge in [-0.1, -0.05) is 23.7 Å². The van der Waals surface area contributed by atoms with Crippen molar-refractivity contribution in [1.29, 1.82) is 0 Å². The van der Waals surface area contributed by atoms with E-state index in [1.165, 1.54) is 12.1 Å². The van der Waals surface area contributed by atoms with E-state index in [2.05, 4.69) is 4.98 Å². The number of benzene rings is 1. The fraction of sp³-hybridized carbons (Fsp3) is 0.214. The van der Waals surface area contributed by atoms with Crippen molar-refractivity contribution in [3.63, 3.8) is 0 Å². The molecule has 4 heteroatoms. The molecule has 0 atom stereocenters. The fourth-order valence-electron chi connectivity index (χ4n) is 1.79. The molecule has 2 aromatic rings. The van der Waals surface area contributed by atoms with Crippen LogP contribution >= 0.6 is 11.6 Å².